The lowest BCUT2D eigenvalue weighted by Crippen LogP contribution is -2.42. The summed E-state index contributed by atoms with van der Waals surface area (Å²) in [6.07, 6.45) is 0. The summed E-state index contributed by atoms with van der Waals surface area (Å²) in [6, 6.07) is 0.498. The maximum absolute atomic E-state index is 11.1. The number of carboxylic acids is 1. The molecule has 0 bridgehead atoms. The molecular formula is C14H22N2O3. The number of ether oxygens (including phenoxy) is 1. The van der Waals surface area contributed by atoms with E-state index in [1.165, 1.54) is 0 Å². The second-order valence-electron chi connectivity index (χ2n) is 4.71. The van der Waals surface area contributed by atoms with Gasteiger partial charge in [0.2, 0.25) is 0 Å². The Kier molecular flexibility index (Phi) is 4.91. The van der Waals surface area contributed by atoms with E-state index in [2.05, 4.69) is 5.32 Å². The van der Waals surface area contributed by atoms with E-state index in [1.54, 1.807) is 14.2 Å². The first-order valence-corrected chi connectivity index (χ1v) is 6.15. The van der Waals surface area contributed by atoms with Gasteiger partial charge in [0, 0.05) is 5.56 Å². The molecule has 19 heavy (non-hydrogen) atoms. The lowest BCUT2D eigenvalue weighted by Gasteiger charge is -2.26. The molecule has 0 radical (unpaired) electrons. The van der Waals surface area contributed by atoms with Crippen molar-refractivity contribution in [2.24, 2.45) is 5.73 Å². The normalized spacial score (nSPS) is 14.0. The average Bonchev–Trinajstić information content (AvgIpc) is 2.36. The van der Waals surface area contributed by atoms with Crippen LogP contribution in [0.1, 0.15) is 28.3 Å². The Hall–Kier alpha value is -1.59. The summed E-state index contributed by atoms with van der Waals surface area (Å²) in [5.41, 5.74) is 9.65. The topological polar surface area (TPSA) is 84.6 Å². The Morgan fingerprint density at radius 3 is 2.37 bits per heavy atom. The van der Waals surface area contributed by atoms with Gasteiger partial charge in [-0.25, -0.2) is 0 Å². The number of aliphatic carboxylic acids is 1. The maximum atomic E-state index is 11.1. The van der Waals surface area contributed by atoms with Crippen molar-refractivity contribution < 1.29 is 14.6 Å². The van der Waals surface area contributed by atoms with E-state index in [9.17, 15) is 4.79 Å². The molecule has 1 aromatic rings. The molecule has 1 rings (SSSR count). The first-order valence-electron chi connectivity index (χ1n) is 6.15. The highest BCUT2D eigenvalue weighted by atomic mass is 16.5. The fraction of sp³-hybridized carbons (Fsp3) is 0.500. The van der Waals surface area contributed by atoms with Crippen molar-refractivity contribution in [2.45, 2.75) is 32.9 Å². The predicted molar refractivity (Wildman–Crippen MR) is 74.6 cm³/mol. The van der Waals surface area contributed by atoms with Gasteiger partial charge in [-0.1, -0.05) is 6.07 Å². The Morgan fingerprint density at radius 1 is 1.37 bits per heavy atom. The van der Waals surface area contributed by atoms with Crippen molar-refractivity contribution in [2.75, 3.05) is 14.2 Å². The largest absolute Gasteiger partial charge is 0.496 e. The molecule has 0 amide bonds. The molecule has 0 aliphatic heterocycles. The minimum Gasteiger partial charge on any atom is -0.496 e. The zero-order chi connectivity index (χ0) is 14.7. The molecule has 106 valence electrons. The van der Waals surface area contributed by atoms with E-state index in [0.717, 1.165) is 22.3 Å². The number of nitrogens with two attached hydrogens (primary N) is 1. The number of carbonyl (C=O) groups is 1. The molecule has 0 fully saturated rings. The summed E-state index contributed by atoms with van der Waals surface area (Å²) in [4.78, 5) is 11.1. The van der Waals surface area contributed by atoms with Gasteiger partial charge in [0.05, 0.1) is 13.2 Å². The third kappa shape index (κ3) is 2.88. The van der Waals surface area contributed by atoms with Crippen molar-refractivity contribution in [3.63, 3.8) is 0 Å². The first kappa shape index (κ1) is 15.5. The van der Waals surface area contributed by atoms with Gasteiger partial charge in [0.15, 0.2) is 0 Å². The smallest absolute Gasteiger partial charge is 0.322 e. The van der Waals surface area contributed by atoms with Gasteiger partial charge in [-0.2, -0.15) is 0 Å². The minimum absolute atomic E-state index is 0.494. The van der Waals surface area contributed by atoms with Gasteiger partial charge in [0.1, 0.15) is 11.8 Å². The SMILES string of the molecule is CNC(c1c(C)cc(C)c(C)c1OC)C(N)C(=O)O. The number of likely N-dealkylation sites (N-methyl/N-ethyl adjacent to an activating group) is 1. The summed E-state index contributed by atoms with van der Waals surface area (Å²) in [5.74, 6) is -0.340. The fourth-order valence-electron chi connectivity index (χ4n) is 2.37. The number of methoxy groups -OCH3 is 1. The molecule has 0 aromatic heterocycles. The standard InChI is InChI=1S/C14H22N2O3/c1-7-6-8(2)10(13(19-5)9(7)3)12(16-4)11(15)14(17)18/h6,11-12,16H,15H2,1-5H3,(H,17,18). The first-order chi connectivity index (χ1) is 8.84. The third-order valence-electron chi connectivity index (χ3n) is 3.50. The minimum atomic E-state index is -1.04. The summed E-state index contributed by atoms with van der Waals surface area (Å²) in [5, 5.41) is 12.1. The van der Waals surface area contributed by atoms with Crippen LogP contribution in [0, 0.1) is 20.8 Å². The number of rotatable bonds is 5. The van der Waals surface area contributed by atoms with Gasteiger partial charge in [0.25, 0.3) is 0 Å². The molecule has 0 aliphatic carbocycles. The van der Waals surface area contributed by atoms with Crippen LogP contribution >= 0.6 is 0 Å². The molecule has 0 saturated carbocycles. The van der Waals surface area contributed by atoms with E-state index < -0.39 is 18.1 Å². The van der Waals surface area contributed by atoms with Crippen molar-refractivity contribution in [3.8, 4) is 5.75 Å². The Morgan fingerprint density at radius 2 is 1.95 bits per heavy atom. The van der Waals surface area contributed by atoms with Crippen LogP contribution in [0.2, 0.25) is 0 Å². The maximum Gasteiger partial charge on any atom is 0.322 e. The second-order valence-corrected chi connectivity index (χ2v) is 4.71. The Balaban J connectivity index is 3.47. The number of aryl methyl sites for hydroxylation is 2. The van der Waals surface area contributed by atoms with Crippen molar-refractivity contribution >= 4 is 5.97 Å². The van der Waals surface area contributed by atoms with Crippen LogP contribution in [0.25, 0.3) is 0 Å². The molecule has 1 aromatic carbocycles. The summed E-state index contributed by atoms with van der Waals surface area (Å²) >= 11 is 0. The van der Waals surface area contributed by atoms with E-state index in [1.807, 2.05) is 26.8 Å². The molecule has 0 spiro atoms. The highest BCUT2D eigenvalue weighted by Crippen LogP contribution is 2.34. The molecule has 4 N–H and O–H groups in total. The molecule has 0 aliphatic rings. The van der Waals surface area contributed by atoms with Crippen LogP contribution in [0.4, 0.5) is 0 Å². The molecule has 2 atom stereocenters. The summed E-state index contributed by atoms with van der Waals surface area (Å²) in [7, 11) is 3.28. The highest BCUT2D eigenvalue weighted by molar-refractivity contribution is 5.75. The number of benzene rings is 1. The van der Waals surface area contributed by atoms with E-state index in [-0.39, 0.29) is 0 Å². The zero-order valence-electron chi connectivity index (χ0n) is 12.1. The van der Waals surface area contributed by atoms with Crippen LogP contribution in [0.3, 0.4) is 0 Å². The monoisotopic (exact) mass is 266 g/mol. The van der Waals surface area contributed by atoms with Gasteiger partial charge in [-0.15, -0.1) is 0 Å². The fourth-order valence-corrected chi connectivity index (χ4v) is 2.37. The molecule has 0 saturated heterocycles. The lowest BCUT2D eigenvalue weighted by atomic mass is 9.90. The third-order valence-corrected chi connectivity index (χ3v) is 3.50. The quantitative estimate of drug-likeness (QED) is 0.748. The number of nitrogens with one attached hydrogen (secondary N) is 1. The number of hydrogen-bond donors (Lipinski definition) is 3. The Labute approximate surface area is 113 Å². The second kappa shape index (κ2) is 6.04. The average molecular weight is 266 g/mol. The van der Waals surface area contributed by atoms with E-state index >= 15 is 0 Å². The molecule has 0 heterocycles. The lowest BCUT2D eigenvalue weighted by molar-refractivity contribution is -0.139. The molecule has 5 nitrogen and oxygen atoms in total. The van der Waals surface area contributed by atoms with Crippen LogP contribution in [0.5, 0.6) is 5.75 Å². The highest BCUT2D eigenvalue weighted by Gasteiger charge is 2.29. The molecular weight excluding hydrogens is 244 g/mol. The zero-order valence-corrected chi connectivity index (χ0v) is 12.1. The van der Waals surface area contributed by atoms with E-state index in [4.69, 9.17) is 15.6 Å². The van der Waals surface area contributed by atoms with E-state index in [0.29, 0.717) is 5.75 Å². The van der Waals surface area contributed by atoms with Crippen molar-refractivity contribution in [1.29, 1.82) is 0 Å². The van der Waals surface area contributed by atoms with Crippen molar-refractivity contribution in [3.05, 3.63) is 28.3 Å². The van der Waals surface area contributed by atoms with Crippen LogP contribution in [0.15, 0.2) is 6.07 Å². The predicted octanol–water partition coefficient (Wildman–Crippen LogP) is 1.29. The molecule has 5 heteroatoms. The van der Waals surface area contributed by atoms with Crippen LogP contribution < -0.4 is 15.8 Å². The molecule has 2 unspecified atom stereocenters. The van der Waals surface area contributed by atoms with Gasteiger partial charge >= 0.3 is 5.97 Å². The summed E-state index contributed by atoms with van der Waals surface area (Å²) in [6.45, 7) is 5.89. The van der Waals surface area contributed by atoms with Crippen LogP contribution in [-0.4, -0.2) is 31.3 Å². The Bertz CT molecular complexity index is 486. The van der Waals surface area contributed by atoms with Gasteiger partial charge in [-0.05, 0) is 44.5 Å². The van der Waals surface area contributed by atoms with Gasteiger partial charge < -0.3 is 20.9 Å². The number of carboxylic acid groups (broad SMARTS) is 1. The number of hydrogen-bond acceptors (Lipinski definition) is 4. The van der Waals surface area contributed by atoms with Crippen molar-refractivity contribution in [1.82, 2.24) is 5.32 Å². The summed E-state index contributed by atoms with van der Waals surface area (Å²) < 4.78 is 5.46. The van der Waals surface area contributed by atoms with Gasteiger partial charge in [-0.3, -0.25) is 4.79 Å². The van der Waals surface area contributed by atoms with Crippen LogP contribution in [-0.2, 0) is 4.79 Å².